The molecule has 1 aromatic heterocycles. The van der Waals surface area contributed by atoms with Crippen LogP contribution in [-0.4, -0.2) is 26.0 Å². The molecule has 0 aliphatic rings. The third-order valence-corrected chi connectivity index (χ3v) is 3.03. The summed E-state index contributed by atoms with van der Waals surface area (Å²) >= 11 is 0. The monoisotopic (exact) mass is 318 g/mol. The Balaban J connectivity index is 1.85. The molecule has 0 radical (unpaired) electrons. The van der Waals surface area contributed by atoms with E-state index < -0.39 is 5.91 Å². The van der Waals surface area contributed by atoms with Gasteiger partial charge >= 0.3 is 0 Å². The molecule has 7 heteroatoms. The van der Waals surface area contributed by atoms with E-state index in [0.717, 1.165) is 0 Å². The molecule has 2 N–H and O–H groups in total. The van der Waals surface area contributed by atoms with Crippen LogP contribution in [0.15, 0.2) is 41.0 Å². The summed E-state index contributed by atoms with van der Waals surface area (Å²) in [5.74, 6) is 0.862. The second-order valence-electron chi connectivity index (χ2n) is 4.65. The smallest absolute Gasteiger partial charge is 0.233 e. The Kier molecular flexibility index (Phi) is 5.62. The van der Waals surface area contributed by atoms with E-state index in [2.05, 4.69) is 10.6 Å². The number of nitrogens with one attached hydrogen (secondary N) is 2. The van der Waals surface area contributed by atoms with E-state index in [9.17, 15) is 9.59 Å². The van der Waals surface area contributed by atoms with Gasteiger partial charge in [-0.2, -0.15) is 0 Å². The van der Waals surface area contributed by atoms with Crippen molar-refractivity contribution >= 4 is 17.5 Å². The molecule has 2 rings (SSSR count). The van der Waals surface area contributed by atoms with Crippen molar-refractivity contribution in [3.05, 3.63) is 42.4 Å². The van der Waals surface area contributed by atoms with Crippen LogP contribution in [0, 0.1) is 0 Å². The van der Waals surface area contributed by atoms with Crippen LogP contribution < -0.4 is 20.1 Å². The van der Waals surface area contributed by atoms with E-state index in [-0.39, 0.29) is 18.9 Å². The van der Waals surface area contributed by atoms with Crippen molar-refractivity contribution in [1.82, 2.24) is 5.32 Å². The summed E-state index contributed by atoms with van der Waals surface area (Å²) in [6, 6.07) is 8.43. The summed E-state index contributed by atoms with van der Waals surface area (Å²) in [6.45, 7) is 0.246. The van der Waals surface area contributed by atoms with E-state index >= 15 is 0 Å². The minimum atomic E-state index is -0.422. The Labute approximate surface area is 133 Å². The summed E-state index contributed by atoms with van der Waals surface area (Å²) in [5.41, 5.74) is 0.520. The van der Waals surface area contributed by atoms with Gasteiger partial charge in [-0.25, -0.2) is 0 Å². The van der Waals surface area contributed by atoms with Crippen LogP contribution >= 0.6 is 0 Å². The second kappa shape index (κ2) is 7.88. The fourth-order valence-electron chi connectivity index (χ4n) is 1.93. The van der Waals surface area contributed by atoms with Crippen LogP contribution in [0.4, 0.5) is 5.69 Å². The number of furan rings is 1. The number of ether oxygens (including phenoxy) is 2. The molecule has 1 heterocycles. The van der Waals surface area contributed by atoms with Gasteiger partial charge in [-0.15, -0.1) is 0 Å². The molecule has 0 spiro atoms. The van der Waals surface area contributed by atoms with E-state index in [0.29, 0.717) is 22.9 Å². The van der Waals surface area contributed by atoms with Gasteiger partial charge in [-0.05, 0) is 24.3 Å². The fraction of sp³-hybridized carbons (Fsp3) is 0.250. The van der Waals surface area contributed by atoms with Crippen molar-refractivity contribution in [2.75, 3.05) is 19.5 Å². The highest BCUT2D eigenvalue weighted by atomic mass is 16.5. The molecule has 7 nitrogen and oxygen atoms in total. The quantitative estimate of drug-likeness (QED) is 0.762. The topological polar surface area (TPSA) is 89.8 Å². The zero-order valence-corrected chi connectivity index (χ0v) is 12.9. The molecule has 0 fully saturated rings. The molecule has 0 aliphatic carbocycles. The average molecular weight is 318 g/mol. The maximum absolute atomic E-state index is 11.9. The number of hydrogen-bond acceptors (Lipinski definition) is 5. The summed E-state index contributed by atoms with van der Waals surface area (Å²) in [4.78, 5) is 23.6. The molecule has 0 atom stereocenters. The van der Waals surface area contributed by atoms with E-state index in [1.807, 2.05) is 0 Å². The molecule has 2 aromatic rings. The number of rotatable bonds is 7. The Bertz CT molecular complexity index is 667. The maximum Gasteiger partial charge on any atom is 0.233 e. The number of methoxy groups -OCH3 is 2. The van der Waals surface area contributed by atoms with Crippen LogP contribution in [0.5, 0.6) is 11.5 Å². The normalized spacial score (nSPS) is 10.0. The van der Waals surface area contributed by atoms with Gasteiger partial charge in [0.2, 0.25) is 11.8 Å². The van der Waals surface area contributed by atoms with Crippen molar-refractivity contribution in [1.29, 1.82) is 0 Å². The predicted molar refractivity (Wildman–Crippen MR) is 83.3 cm³/mol. The van der Waals surface area contributed by atoms with Crippen molar-refractivity contribution in [2.24, 2.45) is 0 Å². The average Bonchev–Trinajstić information content (AvgIpc) is 3.06. The molecule has 0 saturated heterocycles. The van der Waals surface area contributed by atoms with Crippen LogP contribution in [0.3, 0.4) is 0 Å². The Morgan fingerprint density at radius 3 is 2.52 bits per heavy atom. The fourth-order valence-corrected chi connectivity index (χ4v) is 1.93. The highest BCUT2D eigenvalue weighted by molar-refractivity contribution is 6.03. The first kappa shape index (κ1) is 16.4. The van der Waals surface area contributed by atoms with E-state index in [4.69, 9.17) is 13.9 Å². The van der Waals surface area contributed by atoms with E-state index in [1.165, 1.54) is 20.5 Å². The molecule has 0 aliphatic heterocycles. The number of amides is 2. The lowest BCUT2D eigenvalue weighted by Crippen LogP contribution is -2.27. The zero-order chi connectivity index (χ0) is 16.7. The van der Waals surface area contributed by atoms with Gasteiger partial charge in [-0.1, -0.05) is 0 Å². The predicted octanol–water partition coefficient (Wildman–Crippen LogP) is 1.94. The van der Waals surface area contributed by atoms with Gasteiger partial charge < -0.3 is 24.5 Å². The van der Waals surface area contributed by atoms with Gasteiger partial charge in [-0.3, -0.25) is 9.59 Å². The number of carbonyl (C=O) groups excluding carboxylic acids is 2. The lowest BCUT2D eigenvalue weighted by Gasteiger charge is -2.10. The second-order valence-corrected chi connectivity index (χ2v) is 4.65. The molecular formula is C16H18N2O5. The molecule has 0 saturated carbocycles. The van der Waals surface area contributed by atoms with E-state index in [1.54, 1.807) is 30.3 Å². The van der Waals surface area contributed by atoms with Gasteiger partial charge in [0, 0.05) is 11.8 Å². The third-order valence-electron chi connectivity index (χ3n) is 3.03. The van der Waals surface area contributed by atoms with Crippen LogP contribution in [0.25, 0.3) is 0 Å². The molecular weight excluding hydrogens is 300 g/mol. The number of hydrogen-bond donors (Lipinski definition) is 2. The summed E-state index contributed by atoms with van der Waals surface area (Å²) in [6.07, 6.45) is 1.24. The summed E-state index contributed by atoms with van der Waals surface area (Å²) in [5, 5.41) is 5.24. The SMILES string of the molecule is COc1ccc(NC(=O)CC(=O)NCc2ccco2)cc1OC. The Morgan fingerprint density at radius 2 is 1.87 bits per heavy atom. The Hall–Kier alpha value is -2.96. The summed E-state index contributed by atoms with van der Waals surface area (Å²) < 4.78 is 15.4. The van der Waals surface area contributed by atoms with Gasteiger partial charge in [0.25, 0.3) is 0 Å². The third kappa shape index (κ3) is 4.77. The lowest BCUT2D eigenvalue weighted by molar-refractivity contribution is -0.127. The van der Waals surface area contributed by atoms with Crippen molar-refractivity contribution in [3.8, 4) is 11.5 Å². The molecule has 23 heavy (non-hydrogen) atoms. The van der Waals surface area contributed by atoms with Gasteiger partial charge in [0.05, 0.1) is 27.0 Å². The van der Waals surface area contributed by atoms with Crippen LogP contribution in [-0.2, 0) is 16.1 Å². The molecule has 0 unspecified atom stereocenters. The summed E-state index contributed by atoms with van der Waals surface area (Å²) in [7, 11) is 3.03. The minimum absolute atomic E-state index is 0.246. The van der Waals surface area contributed by atoms with Crippen LogP contribution in [0.2, 0.25) is 0 Å². The minimum Gasteiger partial charge on any atom is -0.493 e. The van der Waals surface area contributed by atoms with Crippen molar-refractivity contribution < 1.29 is 23.5 Å². The Morgan fingerprint density at radius 1 is 1.09 bits per heavy atom. The van der Waals surface area contributed by atoms with Gasteiger partial charge in [0.15, 0.2) is 11.5 Å². The zero-order valence-electron chi connectivity index (χ0n) is 12.9. The molecule has 0 bridgehead atoms. The highest BCUT2D eigenvalue weighted by Gasteiger charge is 2.11. The maximum atomic E-state index is 11.9. The molecule has 1 aromatic carbocycles. The van der Waals surface area contributed by atoms with Crippen molar-refractivity contribution in [2.45, 2.75) is 13.0 Å². The van der Waals surface area contributed by atoms with Crippen molar-refractivity contribution in [3.63, 3.8) is 0 Å². The first-order valence-electron chi connectivity index (χ1n) is 6.93. The largest absolute Gasteiger partial charge is 0.493 e. The first-order chi connectivity index (χ1) is 11.1. The number of anilines is 1. The van der Waals surface area contributed by atoms with Gasteiger partial charge in [0.1, 0.15) is 12.2 Å². The number of benzene rings is 1. The highest BCUT2D eigenvalue weighted by Crippen LogP contribution is 2.29. The molecule has 2 amide bonds. The lowest BCUT2D eigenvalue weighted by atomic mass is 10.2. The number of carbonyl (C=O) groups is 2. The molecule has 122 valence electrons. The van der Waals surface area contributed by atoms with Crippen LogP contribution in [0.1, 0.15) is 12.2 Å². The standard InChI is InChI=1S/C16H18N2O5/c1-21-13-6-5-11(8-14(13)22-2)18-16(20)9-15(19)17-10-12-4-3-7-23-12/h3-8H,9-10H2,1-2H3,(H,17,19)(H,18,20). The first-order valence-corrected chi connectivity index (χ1v) is 6.93.